The molecule has 0 fully saturated rings. The third kappa shape index (κ3) is 3.06. The van der Waals surface area contributed by atoms with Gasteiger partial charge in [0.25, 0.3) is 5.91 Å². The molecule has 0 bridgehead atoms. The molecule has 23 heavy (non-hydrogen) atoms. The van der Waals surface area contributed by atoms with Crippen LogP contribution in [-0.2, 0) is 6.18 Å². The first-order chi connectivity index (χ1) is 10.8. The molecule has 0 saturated carbocycles. The van der Waals surface area contributed by atoms with E-state index in [1.165, 1.54) is 12.1 Å². The van der Waals surface area contributed by atoms with Crippen LogP contribution in [0.5, 0.6) is 0 Å². The number of benzene rings is 2. The Bertz CT molecular complexity index is 881. The van der Waals surface area contributed by atoms with Crippen molar-refractivity contribution in [1.82, 2.24) is 4.98 Å². The molecule has 0 aliphatic heterocycles. The molecule has 0 aliphatic carbocycles. The first kappa shape index (κ1) is 15.1. The highest BCUT2D eigenvalue weighted by Gasteiger charge is 2.30. The first-order valence-corrected chi connectivity index (χ1v) is 6.91. The Morgan fingerprint density at radius 3 is 2.65 bits per heavy atom. The average Bonchev–Trinajstić information content (AvgIpc) is 2.89. The SMILES string of the molecule is Cc1ccc2[nH]cc(NC(=O)c3cccc(C(F)(F)F)c3)c2c1. The summed E-state index contributed by atoms with van der Waals surface area (Å²) in [4.78, 5) is 15.2. The van der Waals surface area contributed by atoms with Crippen LogP contribution in [0.15, 0.2) is 48.7 Å². The number of amides is 1. The summed E-state index contributed by atoms with van der Waals surface area (Å²) in [6.07, 6.45) is -2.86. The smallest absolute Gasteiger partial charge is 0.359 e. The normalized spacial score (nSPS) is 11.7. The van der Waals surface area contributed by atoms with Gasteiger partial charge in [-0.25, -0.2) is 0 Å². The van der Waals surface area contributed by atoms with Gasteiger partial charge in [-0.15, -0.1) is 0 Å². The van der Waals surface area contributed by atoms with Crippen LogP contribution in [0.25, 0.3) is 10.9 Å². The molecule has 0 aliphatic rings. The monoisotopic (exact) mass is 318 g/mol. The van der Waals surface area contributed by atoms with Gasteiger partial charge in [-0.3, -0.25) is 4.79 Å². The van der Waals surface area contributed by atoms with E-state index in [1.54, 1.807) is 6.20 Å². The Morgan fingerprint density at radius 1 is 1.13 bits per heavy atom. The molecular formula is C17H13F3N2O. The van der Waals surface area contributed by atoms with Crippen LogP contribution in [-0.4, -0.2) is 10.9 Å². The minimum atomic E-state index is -4.48. The highest BCUT2D eigenvalue weighted by atomic mass is 19.4. The molecule has 6 heteroatoms. The minimum Gasteiger partial charge on any atom is -0.359 e. The second-order valence-corrected chi connectivity index (χ2v) is 5.28. The van der Waals surface area contributed by atoms with E-state index in [9.17, 15) is 18.0 Å². The van der Waals surface area contributed by atoms with Crippen molar-refractivity contribution in [3.8, 4) is 0 Å². The van der Waals surface area contributed by atoms with Crippen LogP contribution >= 0.6 is 0 Å². The van der Waals surface area contributed by atoms with Crippen molar-refractivity contribution in [2.45, 2.75) is 13.1 Å². The summed E-state index contributed by atoms with van der Waals surface area (Å²) in [7, 11) is 0. The molecule has 1 aromatic heterocycles. The lowest BCUT2D eigenvalue weighted by molar-refractivity contribution is -0.137. The van der Waals surface area contributed by atoms with Gasteiger partial charge in [0.15, 0.2) is 0 Å². The van der Waals surface area contributed by atoms with E-state index >= 15 is 0 Å². The number of hydrogen-bond donors (Lipinski definition) is 2. The average molecular weight is 318 g/mol. The molecule has 2 aromatic carbocycles. The number of carbonyl (C=O) groups excluding carboxylic acids is 1. The van der Waals surface area contributed by atoms with Gasteiger partial charge >= 0.3 is 6.18 Å². The van der Waals surface area contributed by atoms with Gasteiger partial charge in [-0.2, -0.15) is 13.2 Å². The molecular weight excluding hydrogens is 305 g/mol. The van der Waals surface area contributed by atoms with Crippen LogP contribution in [0.2, 0.25) is 0 Å². The van der Waals surface area contributed by atoms with Crippen molar-refractivity contribution >= 4 is 22.5 Å². The fourth-order valence-electron chi connectivity index (χ4n) is 2.37. The molecule has 0 unspecified atom stereocenters. The number of halogens is 3. The summed E-state index contributed by atoms with van der Waals surface area (Å²) in [6, 6.07) is 10.1. The van der Waals surface area contributed by atoms with Crippen molar-refractivity contribution in [2.75, 3.05) is 5.32 Å². The van der Waals surface area contributed by atoms with Crippen molar-refractivity contribution in [1.29, 1.82) is 0 Å². The highest BCUT2D eigenvalue weighted by molar-refractivity contribution is 6.09. The highest BCUT2D eigenvalue weighted by Crippen LogP contribution is 2.30. The van der Waals surface area contributed by atoms with E-state index in [2.05, 4.69) is 10.3 Å². The minimum absolute atomic E-state index is 0.0400. The standard InChI is InChI=1S/C17H13F3N2O/c1-10-5-6-14-13(7-10)15(9-21-14)22-16(23)11-3-2-4-12(8-11)17(18,19)20/h2-9,21H,1H3,(H,22,23). The molecule has 1 heterocycles. The summed E-state index contributed by atoms with van der Waals surface area (Å²) >= 11 is 0. The predicted octanol–water partition coefficient (Wildman–Crippen LogP) is 4.75. The third-order valence-corrected chi connectivity index (χ3v) is 3.54. The summed E-state index contributed by atoms with van der Waals surface area (Å²) in [5.74, 6) is -0.585. The lowest BCUT2D eigenvalue weighted by Gasteiger charge is -2.09. The molecule has 2 N–H and O–H groups in total. The topological polar surface area (TPSA) is 44.9 Å². The Labute approximate surface area is 130 Å². The summed E-state index contributed by atoms with van der Waals surface area (Å²) < 4.78 is 38.2. The maximum absolute atomic E-state index is 12.7. The maximum atomic E-state index is 12.7. The van der Waals surface area contributed by atoms with E-state index in [4.69, 9.17) is 0 Å². The van der Waals surface area contributed by atoms with Gasteiger partial charge in [0.2, 0.25) is 0 Å². The van der Waals surface area contributed by atoms with Crippen LogP contribution < -0.4 is 5.32 Å². The van der Waals surface area contributed by atoms with Crippen LogP contribution in [0.3, 0.4) is 0 Å². The number of anilines is 1. The number of carbonyl (C=O) groups is 1. The first-order valence-electron chi connectivity index (χ1n) is 6.91. The van der Waals surface area contributed by atoms with Gasteiger partial charge in [-0.1, -0.05) is 17.7 Å². The van der Waals surface area contributed by atoms with E-state index in [0.29, 0.717) is 5.69 Å². The fraction of sp³-hybridized carbons (Fsp3) is 0.118. The fourth-order valence-corrected chi connectivity index (χ4v) is 2.37. The van der Waals surface area contributed by atoms with Crippen molar-refractivity contribution in [3.63, 3.8) is 0 Å². The second kappa shape index (κ2) is 5.46. The number of rotatable bonds is 2. The number of aromatic nitrogens is 1. The zero-order chi connectivity index (χ0) is 16.6. The Kier molecular flexibility index (Phi) is 3.60. The number of hydrogen-bond acceptors (Lipinski definition) is 1. The summed E-state index contributed by atoms with van der Waals surface area (Å²) in [5, 5.41) is 3.46. The molecule has 0 saturated heterocycles. The van der Waals surface area contributed by atoms with Gasteiger partial charge in [0.05, 0.1) is 11.3 Å². The molecule has 1 amide bonds. The van der Waals surface area contributed by atoms with Gasteiger partial charge < -0.3 is 10.3 Å². The number of fused-ring (bicyclic) bond motifs is 1. The number of aryl methyl sites for hydroxylation is 1. The van der Waals surface area contributed by atoms with Crippen molar-refractivity contribution in [3.05, 3.63) is 65.4 Å². The molecule has 0 atom stereocenters. The van der Waals surface area contributed by atoms with Gasteiger partial charge in [0, 0.05) is 22.7 Å². The number of aromatic amines is 1. The molecule has 3 aromatic rings. The molecule has 3 rings (SSSR count). The number of nitrogens with one attached hydrogen (secondary N) is 2. The third-order valence-electron chi connectivity index (χ3n) is 3.54. The van der Waals surface area contributed by atoms with Crippen LogP contribution in [0.4, 0.5) is 18.9 Å². The number of H-pyrrole nitrogens is 1. The van der Waals surface area contributed by atoms with E-state index in [0.717, 1.165) is 28.6 Å². The Hall–Kier alpha value is -2.76. The summed E-state index contributed by atoms with van der Waals surface area (Å²) in [6.45, 7) is 1.92. The zero-order valence-electron chi connectivity index (χ0n) is 12.2. The van der Waals surface area contributed by atoms with Crippen molar-refractivity contribution in [2.24, 2.45) is 0 Å². The Morgan fingerprint density at radius 2 is 1.91 bits per heavy atom. The predicted molar refractivity (Wildman–Crippen MR) is 82.4 cm³/mol. The lowest BCUT2D eigenvalue weighted by Crippen LogP contribution is -2.13. The number of alkyl halides is 3. The molecule has 0 radical (unpaired) electrons. The molecule has 118 valence electrons. The quantitative estimate of drug-likeness (QED) is 0.704. The second-order valence-electron chi connectivity index (χ2n) is 5.28. The maximum Gasteiger partial charge on any atom is 0.416 e. The van der Waals surface area contributed by atoms with E-state index in [-0.39, 0.29) is 5.56 Å². The van der Waals surface area contributed by atoms with Crippen LogP contribution in [0.1, 0.15) is 21.5 Å². The molecule has 3 nitrogen and oxygen atoms in total. The van der Waals surface area contributed by atoms with Crippen molar-refractivity contribution < 1.29 is 18.0 Å². The van der Waals surface area contributed by atoms with E-state index in [1.807, 2.05) is 25.1 Å². The zero-order valence-corrected chi connectivity index (χ0v) is 12.2. The van der Waals surface area contributed by atoms with Gasteiger partial charge in [0.1, 0.15) is 0 Å². The lowest BCUT2D eigenvalue weighted by atomic mass is 10.1. The van der Waals surface area contributed by atoms with Crippen LogP contribution in [0, 0.1) is 6.92 Å². The molecule has 0 spiro atoms. The summed E-state index contributed by atoms with van der Waals surface area (Å²) in [5.41, 5.74) is 1.51. The largest absolute Gasteiger partial charge is 0.416 e. The van der Waals surface area contributed by atoms with Gasteiger partial charge in [-0.05, 0) is 37.3 Å². The van der Waals surface area contributed by atoms with E-state index < -0.39 is 17.6 Å². The Balaban J connectivity index is 1.91.